The van der Waals surface area contributed by atoms with Crippen LogP contribution in [0.3, 0.4) is 0 Å². The standard InChI is InChI=1S/C21H24ClIO5/c1-2-27-15-6-3-12(4-7-15)9-14-10-13(5-8-16(14)22)21-18(23)20(26)19(25)17(11-24)28-21/h3-8,10,17-21,24-26H,2,9,11H2,1H3/t17-,18-,19-,20-,21+/m1/s1. The van der Waals surface area contributed by atoms with Gasteiger partial charge in [0.25, 0.3) is 0 Å². The van der Waals surface area contributed by atoms with Gasteiger partial charge < -0.3 is 24.8 Å². The maximum absolute atomic E-state index is 10.3. The molecule has 1 heterocycles. The summed E-state index contributed by atoms with van der Waals surface area (Å²) in [6, 6.07) is 13.5. The monoisotopic (exact) mass is 518 g/mol. The summed E-state index contributed by atoms with van der Waals surface area (Å²) in [6.07, 6.45) is -2.73. The molecule has 0 spiro atoms. The zero-order valence-corrected chi connectivity index (χ0v) is 18.4. The number of benzene rings is 2. The maximum atomic E-state index is 10.3. The van der Waals surface area contributed by atoms with Crippen LogP contribution in [0, 0.1) is 0 Å². The summed E-state index contributed by atoms with van der Waals surface area (Å²) in [5.74, 6) is 0.831. The highest BCUT2D eigenvalue weighted by Gasteiger charge is 2.43. The van der Waals surface area contributed by atoms with Crippen molar-refractivity contribution in [3.05, 3.63) is 64.2 Å². The summed E-state index contributed by atoms with van der Waals surface area (Å²) >= 11 is 8.50. The van der Waals surface area contributed by atoms with E-state index in [4.69, 9.17) is 21.1 Å². The minimum atomic E-state index is -1.11. The first-order valence-electron chi connectivity index (χ1n) is 9.21. The summed E-state index contributed by atoms with van der Waals surface area (Å²) < 4.78 is 11.0. The number of rotatable bonds is 6. The Balaban J connectivity index is 1.82. The van der Waals surface area contributed by atoms with Crippen molar-refractivity contribution in [2.45, 2.75) is 41.7 Å². The molecule has 5 atom stereocenters. The number of halogens is 2. The van der Waals surface area contributed by atoms with Crippen LogP contribution >= 0.6 is 34.2 Å². The molecule has 1 aliphatic heterocycles. The lowest BCUT2D eigenvalue weighted by atomic mass is 9.92. The lowest BCUT2D eigenvalue weighted by Crippen LogP contribution is -2.53. The first-order chi connectivity index (χ1) is 13.4. The van der Waals surface area contributed by atoms with E-state index in [0.717, 1.165) is 22.4 Å². The highest BCUT2D eigenvalue weighted by molar-refractivity contribution is 14.1. The van der Waals surface area contributed by atoms with E-state index in [1.165, 1.54) is 0 Å². The predicted molar refractivity (Wildman–Crippen MR) is 116 cm³/mol. The van der Waals surface area contributed by atoms with Crippen LogP contribution in [0.1, 0.15) is 29.7 Å². The second-order valence-electron chi connectivity index (χ2n) is 6.81. The molecule has 28 heavy (non-hydrogen) atoms. The van der Waals surface area contributed by atoms with Crippen molar-refractivity contribution >= 4 is 34.2 Å². The fraction of sp³-hybridized carbons (Fsp3) is 0.429. The molecule has 0 radical (unpaired) electrons. The molecule has 152 valence electrons. The Kier molecular flexibility index (Phi) is 7.58. The molecular weight excluding hydrogens is 495 g/mol. The van der Waals surface area contributed by atoms with Gasteiger partial charge in [0, 0.05) is 5.02 Å². The number of ether oxygens (including phenoxy) is 2. The van der Waals surface area contributed by atoms with E-state index in [-0.39, 0.29) is 10.5 Å². The van der Waals surface area contributed by atoms with E-state index in [0.29, 0.717) is 18.1 Å². The van der Waals surface area contributed by atoms with E-state index >= 15 is 0 Å². The van der Waals surface area contributed by atoms with Gasteiger partial charge in [0.15, 0.2) is 0 Å². The van der Waals surface area contributed by atoms with Crippen LogP contribution in [0.5, 0.6) is 5.75 Å². The second-order valence-corrected chi connectivity index (χ2v) is 8.65. The average Bonchev–Trinajstić information content (AvgIpc) is 2.70. The second kappa shape index (κ2) is 9.73. The number of aliphatic hydroxyl groups is 3. The largest absolute Gasteiger partial charge is 0.494 e. The number of alkyl halides is 1. The van der Waals surface area contributed by atoms with Gasteiger partial charge in [-0.15, -0.1) is 0 Å². The van der Waals surface area contributed by atoms with Crippen LogP contribution in [0.25, 0.3) is 0 Å². The lowest BCUT2D eigenvalue weighted by Gasteiger charge is -2.40. The van der Waals surface area contributed by atoms with Crippen molar-refractivity contribution in [3.63, 3.8) is 0 Å². The molecular formula is C21H24ClIO5. The van der Waals surface area contributed by atoms with Gasteiger partial charge in [-0.1, -0.05) is 58.5 Å². The van der Waals surface area contributed by atoms with Gasteiger partial charge >= 0.3 is 0 Å². The molecule has 2 aromatic carbocycles. The molecule has 1 fully saturated rings. The van der Waals surface area contributed by atoms with Gasteiger partial charge in [-0.2, -0.15) is 0 Å². The first-order valence-corrected chi connectivity index (χ1v) is 10.8. The summed E-state index contributed by atoms with van der Waals surface area (Å²) in [5.41, 5.74) is 2.90. The fourth-order valence-corrected chi connectivity index (χ4v) is 4.54. The molecule has 0 saturated carbocycles. The van der Waals surface area contributed by atoms with E-state index < -0.39 is 24.4 Å². The minimum Gasteiger partial charge on any atom is -0.494 e. The lowest BCUT2D eigenvalue weighted by molar-refractivity contribution is -0.174. The van der Waals surface area contributed by atoms with Crippen LogP contribution in [-0.2, 0) is 11.2 Å². The summed E-state index contributed by atoms with van der Waals surface area (Å²) in [7, 11) is 0. The van der Waals surface area contributed by atoms with Crippen LogP contribution in [0.15, 0.2) is 42.5 Å². The third-order valence-corrected chi connectivity index (χ3v) is 6.63. The summed E-state index contributed by atoms with van der Waals surface area (Å²) in [4.78, 5) is 0. The quantitative estimate of drug-likeness (QED) is 0.404. The van der Waals surface area contributed by atoms with Crippen molar-refractivity contribution in [3.8, 4) is 5.75 Å². The molecule has 3 rings (SSSR count). The molecule has 0 aromatic heterocycles. The Bertz CT molecular complexity index is 783. The number of aliphatic hydroxyl groups excluding tert-OH is 3. The van der Waals surface area contributed by atoms with Gasteiger partial charge in [-0.25, -0.2) is 0 Å². The number of hydrogen-bond donors (Lipinski definition) is 3. The van der Waals surface area contributed by atoms with E-state index in [1.807, 2.05) is 49.4 Å². The minimum absolute atomic E-state index is 0.352. The molecule has 0 bridgehead atoms. The Morgan fingerprint density at radius 1 is 1.11 bits per heavy atom. The first kappa shape index (κ1) is 21.8. The molecule has 0 unspecified atom stereocenters. The van der Waals surface area contributed by atoms with Crippen LogP contribution < -0.4 is 4.74 Å². The molecule has 2 aromatic rings. The van der Waals surface area contributed by atoms with Gasteiger partial charge in [0.1, 0.15) is 18.0 Å². The molecule has 3 N–H and O–H groups in total. The van der Waals surface area contributed by atoms with Crippen molar-refractivity contribution < 1.29 is 24.8 Å². The van der Waals surface area contributed by atoms with Gasteiger partial charge in [-0.3, -0.25) is 0 Å². The average molecular weight is 519 g/mol. The highest BCUT2D eigenvalue weighted by atomic mass is 127. The van der Waals surface area contributed by atoms with Crippen molar-refractivity contribution in [2.24, 2.45) is 0 Å². The smallest absolute Gasteiger partial charge is 0.119 e. The summed E-state index contributed by atoms with van der Waals surface area (Å²) in [5, 5.41) is 30.5. The topological polar surface area (TPSA) is 79.2 Å². The molecule has 0 aliphatic carbocycles. The zero-order chi connectivity index (χ0) is 20.3. The van der Waals surface area contributed by atoms with E-state index in [1.54, 1.807) is 0 Å². The Hall–Kier alpha value is -0.900. The molecule has 5 nitrogen and oxygen atoms in total. The Morgan fingerprint density at radius 2 is 1.82 bits per heavy atom. The Labute approximate surface area is 183 Å². The molecule has 1 aliphatic rings. The SMILES string of the molecule is CCOc1ccc(Cc2cc([C@@H]3O[C@H](CO)[C@@H](O)[C@H](O)[C@H]3I)ccc2Cl)cc1. The number of hydrogen-bond acceptors (Lipinski definition) is 5. The maximum Gasteiger partial charge on any atom is 0.119 e. The van der Waals surface area contributed by atoms with Crippen LogP contribution in [0.2, 0.25) is 5.02 Å². The normalized spacial score (nSPS) is 27.6. The molecule has 0 amide bonds. The Morgan fingerprint density at radius 3 is 2.46 bits per heavy atom. The third kappa shape index (κ3) is 4.80. The highest BCUT2D eigenvalue weighted by Crippen LogP contribution is 2.38. The van der Waals surface area contributed by atoms with Crippen LogP contribution in [-0.4, -0.2) is 50.8 Å². The summed E-state index contributed by atoms with van der Waals surface area (Å²) in [6.45, 7) is 2.22. The van der Waals surface area contributed by atoms with Crippen molar-refractivity contribution in [1.29, 1.82) is 0 Å². The van der Waals surface area contributed by atoms with Crippen molar-refractivity contribution in [2.75, 3.05) is 13.2 Å². The fourth-order valence-electron chi connectivity index (χ4n) is 3.34. The van der Waals surface area contributed by atoms with E-state index in [9.17, 15) is 15.3 Å². The third-order valence-electron chi connectivity index (χ3n) is 4.87. The predicted octanol–water partition coefficient (Wildman–Crippen LogP) is 3.29. The molecule has 1 saturated heterocycles. The zero-order valence-electron chi connectivity index (χ0n) is 15.5. The van der Waals surface area contributed by atoms with Crippen LogP contribution in [0.4, 0.5) is 0 Å². The van der Waals surface area contributed by atoms with Gasteiger partial charge in [0.2, 0.25) is 0 Å². The van der Waals surface area contributed by atoms with Gasteiger partial charge in [0.05, 0.1) is 29.3 Å². The van der Waals surface area contributed by atoms with Crippen molar-refractivity contribution in [1.82, 2.24) is 0 Å². The molecule has 7 heteroatoms. The van der Waals surface area contributed by atoms with Gasteiger partial charge in [-0.05, 0) is 48.2 Å². The van der Waals surface area contributed by atoms with E-state index in [2.05, 4.69) is 22.6 Å².